The van der Waals surface area contributed by atoms with Gasteiger partial charge in [0.2, 0.25) is 11.8 Å². The molecule has 0 saturated carbocycles. The van der Waals surface area contributed by atoms with Crippen LogP contribution in [-0.4, -0.2) is 28.4 Å². The number of rotatable bonds is 5. The highest BCUT2D eigenvalue weighted by molar-refractivity contribution is 6.06. The van der Waals surface area contributed by atoms with Gasteiger partial charge in [-0.25, -0.2) is 4.98 Å². The lowest BCUT2D eigenvalue weighted by Crippen LogP contribution is -2.35. The Kier molecular flexibility index (Phi) is 4.43. The minimum atomic E-state index is -0.662. The Morgan fingerprint density at radius 1 is 1.13 bits per heavy atom. The average Bonchev–Trinajstić information content (AvgIpc) is 3.26. The highest BCUT2D eigenvalue weighted by Gasteiger charge is 2.51. The second-order valence-corrected chi connectivity index (χ2v) is 7.58. The number of aromatic nitrogens is 2. The van der Waals surface area contributed by atoms with Crippen LogP contribution in [0.1, 0.15) is 23.2 Å². The number of hydrogen-bond donors (Lipinski definition) is 2. The minimum absolute atomic E-state index is 0.0437. The summed E-state index contributed by atoms with van der Waals surface area (Å²) >= 11 is 0. The number of carbonyl (C=O) groups excluding carboxylic acids is 2. The molecule has 2 aromatic heterocycles. The monoisotopic (exact) mass is 400 g/mol. The molecule has 2 N–H and O–H groups in total. The zero-order valence-corrected chi connectivity index (χ0v) is 16.2. The lowest BCUT2D eigenvalue weighted by molar-refractivity contribution is -0.120. The third-order valence-corrected chi connectivity index (χ3v) is 5.64. The standard InChI is InChI=1S/C23H20N4O3/c28-20(8-10-30-17-5-2-1-3-6-17)26-16-11-15-12-23(13-19(15)25-14-16)18-7-4-9-24-21(18)27-22(23)29/h1-7,9,11,14H,8,10,12-13H2,(H,26,28)(H,24,27,29). The van der Waals surface area contributed by atoms with E-state index >= 15 is 0 Å². The number of hydrogen-bond acceptors (Lipinski definition) is 5. The van der Waals surface area contributed by atoms with Gasteiger partial charge in [-0.2, -0.15) is 0 Å². The van der Waals surface area contributed by atoms with Crippen molar-refractivity contribution in [3.63, 3.8) is 0 Å². The molecule has 1 aromatic carbocycles. The summed E-state index contributed by atoms with van der Waals surface area (Å²) in [5.41, 5.74) is 2.73. The molecule has 0 saturated heterocycles. The van der Waals surface area contributed by atoms with Gasteiger partial charge in [0, 0.05) is 23.9 Å². The maximum Gasteiger partial charge on any atom is 0.237 e. The number of nitrogens with zero attached hydrogens (tertiary/aromatic N) is 2. The van der Waals surface area contributed by atoms with Gasteiger partial charge in [0.25, 0.3) is 0 Å². The van der Waals surface area contributed by atoms with Crippen LogP contribution in [0, 0.1) is 0 Å². The van der Waals surface area contributed by atoms with Crippen LogP contribution in [0.5, 0.6) is 5.75 Å². The van der Waals surface area contributed by atoms with Gasteiger partial charge in [-0.05, 0) is 36.2 Å². The number of amides is 2. The fourth-order valence-corrected chi connectivity index (χ4v) is 4.19. The number of para-hydroxylation sites is 1. The molecule has 1 aliphatic carbocycles. The van der Waals surface area contributed by atoms with Crippen molar-refractivity contribution < 1.29 is 14.3 Å². The lowest BCUT2D eigenvalue weighted by Gasteiger charge is -2.19. The van der Waals surface area contributed by atoms with E-state index in [1.54, 1.807) is 12.4 Å². The van der Waals surface area contributed by atoms with Crippen molar-refractivity contribution >= 4 is 23.3 Å². The van der Waals surface area contributed by atoms with Crippen LogP contribution in [0.25, 0.3) is 0 Å². The first-order chi connectivity index (χ1) is 14.6. The zero-order valence-electron chi connectivity index (χ0n) is 16.2. The molecule has 2 amide bonds. The summed E-state index contributed by atoms with van der Waals surface area (Å²) in [6.07, 6.45) is 4.63. The zero-order chi connectivity index (χ0) is 20.6. The first-order valence-electron chi connectivity index (χ1n) is 9.86. The molecule has 0 bridgehead atoms. The Morgan fingerprint density at radius 3 is 2.87 bits per heavy atom. The minimum Gasteiger partial charge on any atom is -0.493 e. The van der Waals surface area contributed by atoms with Gasteiger partial charge >= 0.3 is 0 Å². The summed E-state index contributed by atoms with van der Waals surface area (Å²) in [5.74, 6) is 1.17. The molecule has 3 aromatic rings. The third kappa shape index (κ3) is 3.18. The van der Waals surface area contributed by atoms with Crippen LogP contribution in [0.2, 0.25) is 0 Å². The third-order valence-electron chi connectivity index (χ3n) is 5.64. The fourth-order valence-electron chi connectivity index (χ4n) is 4.19. The van der Waals surface area contributed by atoms with Crippen molar-refractivity contribution in [1.29, 1.82) is 0 Å². The first kappa shape index (κ1) is 18.3. The van der Waals surface area contributed by atoms with E-state index in [4.69, 9.17) is 4.74 Å². The number of benzene rings is 1. The van der Waals surface area contributed by atoms with Crippen LogP contribution in [0.3, 0.4) is 0 Å². The summed E-state index contributed by atoms with van der Waals surface area (Å²) in [6, 6.07) is 15.1. The Balaban J connectivity index is 1.25. The molecule has 3 heterocycles. The Hall–Kier alpha value is -3.74. The topological polar surface area (TPSA) is 93.2 Å². The first-order valence-corrected chi connectivity index (χ1v) is 9.86. The van der Waals surface area contributed by atoms with E-state index in [0.29, 0.717) is 31.0 Å². The van der Waals surface area contributed by atoms with E-state index in [2.05, 4.69) is 20.6 Å². The van der Waals surface area contributed by atoms with Gasteiger partial charge in [-0.3, -0.25) is 14.6 Å². The van der Waals surface area contributed by atoms with Crippen molar-refractivity contribution in [1.82, 2.24) is 9.97 Å². The number of ether oxygens (including phenoxy) is 1. The van der Waals surface area contributed by atoms with Gasteiger partial charge in [0.05, 0.1) is 30.3 Å². The quantitative estimate of drug-likeness (QED) is 0.687. The second kappa shape index (κ2) is 7.26. The number of fused-ring (bicyclic) bond motifs is 3. The number of pyridine rings is 2. The van der Waals surface area contributed by atoms with Gasteiger partial charge in [-0.1, -0.05) is 24.3 Å². The normalized spacial score (nSPS) is 18.6. The Morgan fingerprint density at radius 2 is 2.00 bits per heavy atom. The van der Waals surface area contributed by atoms with E-state index in [0.717, 1.165) is 22.6 Å². The summed E-state index contributed by atoms with van der Waals surface area (Å²) in [4.78, 5) is 33.8. The second-order valence-electron chi connectivity index (χ2n) is 7.58. The SMILES string of the molecule is O=C(CCOc1ccccc1)Nc1cnc2c(c1)CC1(C2)C(=O)Nc2ncccc21. The van der Waals surface area contributed by atoms with E-state index in [9.17, 15) is 9.59 Å². The molecule has 5 rings (SSSR count). The highest BCUT2D eigenvalue weighted by atomic mass is 16.5. The number of anilines is 2. The molecule has 30 heavy (non-hydrogen) atoms. The molecule has 7 nitrogen and oxygen atoms in total. The molecule has 150 valence electrons. The van der Waals surface area contributed by atoms with Gasteiger partial charge in [0.15, 0.2) is 0 Å². The number of nitrogens with one attached hydrogen (secondary N) is 2. The molecule has 1 unspecified atom stereocenters. The molecule has 1 aliphatic heterocycles. The van der Waals surface area contributed by atoms with Crippen LogP contribution in [0.15, 0.2) is 60.9 Å². The maximum absolute atomic E-state index is 12.8. The van der Waals surface area contributed by atoms with Crippen molar-refractivity contribution in [3.05, 3.63) is 77.7 Å². The summed E-state index contributed by atoms with van der Waals surface area (Å²) in [7, 11) is 0. The molecule has 2 aliphatic rings. The van der Waals surface area contributed by atoms with E-state index in [1.165, 1.54) is 0 Å². The molecular weight excluding hydrogens is 380 g/mol. The molecule has 0 radical (unpaired) electrons. The summed E-state index contributed by atoms with van der Waals surface area (Å²) in [6.45, 7) is 0.293. The van der Waals surface area contributed by atoms with Gasteiger partial charge < -0.3 is 15.4 Å². The van der Waals surface area contributed by atoms with Crippen LogP contribution >= 0.6 is 0 Å². The van der Waals surface area contributed by atoms with E-state index in [1.807, 2.05) is 48.5 Å². The van der Waals surface area contributed by atoms with Crippen LogP contribution in [-0.2, 0) is 27.8 Å². The van der Waals surface area contributed by atoms with Gasteiger partial charge in [0.1, 0.15) is 11.6 Å². The van der Waals surface area contributed by atoms with Crippen molar-refractivity contribution in [2.45, 2.75) is 24.7 Å². The van der Waals surface area contributed by atoms with E-state index < -0.39 is 5.41 Å². The fraction of sp³-hybridized carbons (Fsp3) is 0.217. The molecule has 0 fully saturated rings. The van der Waals surface area contributed by atoms with Crippen molar-refractivity contribution in [3.8, 4) is 5.75 Å². The van der Waals surface area contributed by atoms with Crippen LogP contribution in [0.4, 0.5) is 11.5 Å². The van der Waals surface area contributed by atoms with Crippen molar-refractivity contribution in [2.75, 3.05) is 17.2 Å². The largest absolute Gasteiger partial charge is 0.493 e. The van der Waals surface area contributed by atoms with Crippen LogP contribution < -0.4 is 15.4 Å². The lowest BCUT2D eigenvalue weighted by atomic mass is 9.80. The van der Waals surface area contributed by atoms with Crippen molar-refractivity contribution in [2.24, 2.45) is 0 Å². The molecule has 7 heteroatoms. The molecule has 1 atom stereocenters. The predicted octanol–water partition coefficient (Wildman–Crippen LogP) is 2.87. The smallest absolute Gasteiger partial charge is 0.237 e. The Bertz CT molecular complexity index is 1130. The summed E-state index contributed by atoms with van der Waals surface area (Å²) in [5, 5.41) is 5.76. The average molecular weight is 400 g/mol. The summed E-state index contributed by atoms with van der Waals surface area (Å²) < 4.78 is 5.57. The number of carbonyl (C=O) groups is 2. The predicted molar refractivity (Wildman–Crippen MR) is 111 cm³/mol. The van der Waals surface area contributed by atoms with Gasteiger partial charge in [-0.15, -0.1) is 0 Å². The highest BCUT2D eigenvalue weighted by Crippen LogP contribution is 2.46. The molecular formula is C23H20N4O3. The Labute approximate surface area is 173 Å². The molecule has 1 spiro atoms. The van der Waals surface area contributed by atoms with E-state index in [-0.39, 0.29) is 18.2 Å². The maximum atomic E-state index is 12.8.